The topological polar surface area (TPSA) is 154 Å². The van der Waals surface area contributed by atoms with Crippen molar-refractivity contribution >= 4 is 34.0 Å². The molecule has 0 heterocycles. The van der Waals surface area contributed by atoms with Gasteiger partial charge in [-0.15, -0.1) is 12.4 Å². The third-order valence-electron chi connectivity index (χ3n) is 2.76. The van der Waals surface area contributed by atoms with Gasteiger partial charge >= 0.3 is 0 Å². The minimum Gasteiger partial charge on any atom is -0.383 e. The third-order valence-corrected chi connectivity index (χ3v) is 4.23. The lowest BCUT2D eigenvalue weighted by Gasteiger charge is -2.11. The molecular weight excluding hydrogens is 364 g/mol. The molecule has 1 atom stereocenters. The molecule has 1 aromatic rings. The maximum Gasteiger partial charge on any atom is 0.269 e. The van der Waals surface area contributed by atoms with E-state index in [1.807, 2.05) is 0 Å². The fourth-order valence-corrected chi connectivity index (χ4v) is 2.62. The molecule has 4 N–H and O–H groups in total. The molecule has 1 unspecified atom stereocenters. The largest absolute Gasteiger partial charge is 0.383 e. The first-order valence-electron chi connectivity index (χ1n) is 6.54. The van der Waals surface area contributed by atoms with Gasteiger partial charge in [0.2, 0.25) is 15.9 Å². The summed E-state index contributed by atoms with van der Waals surface area (Å²) in [7, 11) is -2.40. The number of benzene rings is 1. The number of nitrogens with two attached hydrogens (primary N) is 1. The third kappa shape index (κ3) is 6.76. The van der Waals surface area contributed by atoms with Crippen molar-refractivity contribution in [2.75, 3.05) is 26.8 Å². The Morgan fingerprint density at radius 2 is 1.92 bits per heavy atom. The molecule has 0 spiro atoms. The quantitative estimate of drug-likeness (QED) is 0.292. The number of hydrogen-bond acceptors (Lipinski definition) is 7. The summed E-state index contributed by atoms with van der Waals surface area (Å²) >= 11 is 0. The minimum absolute atomic E-state index is 0. The molecule has 0 fully saturated rings. The molecule has 1 aromatic carbocycles. The first-order chi connectivity index (χ1) is 10.8. The van der Waals surface area contributed by atoms with Crippen LogP contribution < -0.4 is 15.8 Å². The van der Waals surface area contributed by atoms with Crippen LogP contribution in [0.25, 0.3) is 0 Å². The van der Waals surface area contributed by atoms with Crippen molar-refractivity contribution < 1.29 is 22.9 Å². The number of rotatable bonds is 9. The first-order valence-corrected chi connectivity index (χ1v) is 8.02. The van der Waals surface area contributed by atoms with E-state index in [-0.39, 0.29) is 42.7 Å². The molecular formula is C12H19ClN4O6S. The Labute approximate surface area is 145 Å². The molecule has 0 aromatic heterocycles. The molecule has 0 aliphatic rings. The smallest absolute Gasteiger partial charge is 0.269 e. The van der Waals surface area contributed by atoms with Gasteiger partial charge in [0.25, 0.3) is 5.69 Å². The molecule has 12 heteroatoms. The zero-order valence-electron chi connectivity index (χ0n) is 12.8. The summed E-state index contributed by atoms with van der Waals surface area (Å²) in [5, 5.41) is 13.0. The van der Waals surface area contributed by atoms with Crippen molar-refractivity contribution in [1.82, 2.24) is 10.0 Å². The molecule has 10 nitrogen and oxygen atoms in total. The predicted octanol–water partition coefficient (Wildman–Crippen LogP) is -0.615. The average molecular weight is 383 g/mol. The molecule has 1 amide bonds. The summed E-state index contributed by atoms with van der Waals surface area (Å²) in [5.74, 6) is -0.457. The van der Waals surface area contributed by atoms with Crippen molar-refractivity contribution in [1.29, 1.82) is 0 Å². The van der Waals surface area contributed by atoms with Gasteiger partial charge in [0.05, 0.1) is 16.4 Å². The molecule has 24 heavy (non-hydrogen) atoms. The Kier molecular flexibility index (Phi) is 9.40. The number of nitro groups is 1. The second kappa shape index (κ2) is 10.2. The average Bonchev–Trinajstić information content (AvgIpc) is 2.51. The Morgan fingerprint density at radius 3 is 2.42 bits per heavy atom. The fourth-order valence-electron chi connectivity index (χ4n) is 1.59. The number of methoxy groups -OCH3 is 1. The normalized spacial score (nSPS) is 12.1. The molecule has 0 aliphatic heterocycles. The Hall–Kier alpha value is -1.79. The van der Waals surface area contributed by atoms with E-state index in [1.54, 1.807) is 0 Å². The van der Waals surface area contributed by atoms with E-state index in [2.05, 4.69) is 10.0 Å². The van der Waals surface area contributed by atoms with Crippen LogP contribution >= 0.6 is 12.4 Å². The highest BCUT2D eigenvalue weighted by atomic mass is 35.5. The van der Waals surface area contributed by atoms with Gasteiger partial charge in [-0.1, -0.05) is 0 Å². The number of nitrogens with one attached hydrogen (secondary N) is 2. The van der Waals surface area contributed by atoms with E-state index < -0.39 is 26.9 Å². The fraction of sp³-hybridized carbons (Fsp3) is 0.417. The van der Waals surface area contributed by atoms with Crippen LogP contribution in [0.4, 0.5) is 5.69 Å². The van der Waals surface area contributed by atoms with Crippen molar-refractivity contribution in [3.63, 3.8) is 0 Å². The summed E-state index contributed by atoms with van der Waals surface area (Å²) in [6, 6.07) is 3.63. The van der Waals surface area contributed by atoms with E-state index in [1.165, 1.54) is 7.11 Å². The van der Waals surface area contributed by atoms with Crippen molar-refractivity contribution in [3.8, 4) is 0 Å². The molecule has 0 aliphatic carbocycles. The van der Waals surface area contributed by atoms with Crippen LogP contribution in [0.2, 0.25) is 0 Å². The van der Waals surface area contributed by atoms with Gasteiger partial charge in [-0.3, -0.25) is 14.9 Å². The van der Waals surface area contributed by atoms with Crippen molar-refractivity contribution in [3.05, 3.63) is 34.4 Å². The lowest BCUT2D eigenvalue weighted by Crippen LogP contribution is -2.45. The second-order valence-electron chi connectivity index (χ2n) is 4.50. The Balaban J connectivity index is 0.00000529. The number of non-ortho nitro benzene ring substituents is 1. The van der Waals surface area contributed by atoms with Gasteiger partial charge in [0.1, 0.15) is 6.04 Å². The summed E-state index contributed by atoms with van der Waals surface area (Å²) in [5.41, 5.74) is 5.29. The van der Waals surface area contributed by atoms with Crippen LogP contribution in [0.5, 0.6) is 0 Å². The van der Waals surface area contributed by atoms with Crippen LogP contribution in [-0.4, -0.2) is 52.1 Å². The number of nitro benzene ring substituents is 1. The molecule has 0 saturated heterocycles. The van der Waals surface area contributed by atoms with Crippen LogP contribution in [0.3, 0.4) is 0 Å². The van der Waals surface area contributed by atoms with Gasteiger partial charge < -0.3 is 15.8 Å². The monoisotopic (exact) mass is 382 g/mol. The van der Waals surface area contributed by atoms with Crippen LogP contribution in [0.15, 0.2) is 29.2 Å². The van der Waals surface area contributed by atoms with E-state index >= 15 is 0 Å². The minimum atomic E-state index is -3.81. The van der Waals surface area contributed by atoms with Gasteiger partial charge in [0.15, 0.2) is 0 Å². The van der Waals surface area contributed by atoms with Crippen LogP contribution in [0, 0.1) is 10.1 Å². The van der Waals surface area contributed by atoms with E-state index in [9.17, 15) is 23.3 Å². The van der Waals surface area contributed by atoms with Crippen LogP contribution in [0.1, 0.15) is 0 Å². The number of halogens is 1. The highest BCUT2D eigenvalue weighted by Gasteiger charge is 2.16. The molecule has 1 rings (SSSR count). The number of ether oxygens (including phenoxy) is 1. The molecule has 0 bridgehead atoms. The highest BCUT2D eigenvalue weighted by Crippen LogP contribution is 2.15. The van der Waals surface area contributed by atoms with E-state index in [0.29, 0.717) is 0 Å². The number of nitrogens with zero attached hydrogens (tertiary/aromatic N) is 1. The van der Waals surface area contributed by atoms with Crippen molar-refractivity contribution in [2.45, 2.75) is 10.9 Å². The molecule has 0 saturated carbocycles. The number of hydrogen-bond donors (Lipinski definition) is 3. The van der Waals surface area contributed by atoms with Gasteiger partial charge in [0, 0.05) is 32.3 Å². The standard InChI is InChI=1S/C12H18N4O6S.ClH/c1-22-8-11(13)12(17)14-6-7-15-23(20,21)10-4-2-9(3-5-10)16(18)19;/h2-5,11,15H,6-8,13H2,1H3,(H,14,17);1H. The lowest BCUT2D eigenvalue weighted by atomic mass is 10.3. The summed E-state index contributed by atoms with van der Waals surface area (Å²) in [6.45, 7) is 0.0492. The number of carbonyl (C=O) groups excluding carboxylic acids is 1. The Bertz CT molecular complexity index is 652. The number of carbonyl (C=O) groups is 1. The van der Waals surface area contributed by atoms with E-state index in [0.717, 1.165) is 24.3 Å². The van der Waals surface area contributed by atoms with Crippen LogP contribution in [-0.2, 0) is 19.6 Å². The zero-order valence-corrected chi connectivity index (χ0v) is 14.4. The van der Waals surface area contributed by atoms with Gasteiger partial charge in [-0.2, -0.15) is 0 Å². The second-order valence-corrected chi connectivity index (χ2v) is 6.27. The highest BCUT2D eigenvalue weighted by molar-refractivity contribution is 7.89. The zero-order chi connectivity index (χ0) is 17.5. The predicted molar refractivity (Wildman–Crippen MR) is 88.4 cm³/mol. The maximum absolute atomic E-state index is 12.0. The maximum atomic E-state index is 12.0. The van der Waals surface area contributed by atoms with Gasteiger partial charge in [-0.05, 0) is 12.1 Å². The SMILES string of the molecule is COCC(N)C(=O)NCCNS(=O)(=O)c1ccc([N+](=O)[O-])cc1.Cl. The summed E-state index contributed by atoms with van der Waals surface area (Å²) in [6.07, 6.45) is 0. The van der Waals surface area contributed by atoms with Crippen molar-refractivity contribution in [2.24, 2.45) is 5.73 Å². The van der Waals surface area contributed by atoms with Gasteiger partial charge in [-0.25, -0.2) is 13.1 Å². The summed E-state index contributed by atoms with van der Waals surface area (Å²) in [4.78, 5) is 21.3. The molecule has 0 radical (unpaired) electrons. The number of amides is 1. The Morgan fingerprint density at radius 1 is 1.33 bits per heavy atom. The number of sulfonamides is 1. The summed E-state index contributed by atoms with van der Waals surface area (Å²) < 4.78 is 30.9. The van der Waals surface area contributed by atoms with E-state index in [4.69, 9.17) is 10.5 Å². The molecule has 136 valence electrons. The lowest BCUT2D eigenvalue weighted by molar-refractivity contribution is -0.384. The first kappa shape index (κ1) is 22.2.